The van der Waals surface area contributed by atoms with Crippen LogP contribution in [0, 0.1) is 11.3 Å². The average molecular weight is 214 g/mol. The molecule has 0 aliphatic carbocycles. The number of allylic oxidation sites excluding steroid dienone is 2. The second-order valence-corrected chi connectivity index (χ2v) is 3.27. The van der Waals surface area contributed by atoms with Gasteiger partial charge in [0.05, 0.1) is 5.57 Å². The van der Waals surface area contributed by atoms with Gasteiger partial charge < -0.3 is 5.73 Å². The predicted octanol–water partition coefficient (Wildman–Crippen LogP) is 2.44. The van der Waals surface area contributed by atoms with Crippen LogP contribution >= 0.6 is 12.2 Å². The number of nitrogens with two attached hydrogens (primary N) is 1. The molecule has 2 nitrogen and oxygen atoms in total. The Bertz CT molecular complexity index is 438. The van der Waals surface area contributed by atoms with E-state index in [2.05, 4.69) is 0 Å². The summed E-state index contributed by atoms with van der Waals surface area (Å²) < 4.78 is 0. The zero-order valence-electron chi connectivity index (χ0n) is 8.05. The minimum absolute atomic E-state index is 0.121. The van der Waals surface area contributed by atoms with Crippen molar-refractivity contribution in [3.8, 4) is 6.07 Å². The fourth-order valence-corrected chi connectivity index (χ4v) is 1.11. The topological polar surface area (TPSA) is 49.8 Å². The van der Waals surface area contributed by atoms with Gasteiger partial charge >= 0.3 is 0 Å². The molecular formula is C12H10N2S. The molecule has 0 atom stereocenters. The lowest BCUT2D eigenvalue weighted by Crippen LogP contribution is -2.09. The van der Waals surface area contributed by atoms with Gasteiger partial charge in [-0.2, -0.15) is 5.26 Å². The van der Waals surface area contributed by atoms with Gasteiger partial charge in [-0.15, -0.1) is 0 Å². The Morgan fingerprint density at radius 1 is 1.33 bits per heavy atom. The fourth-order valence-electron chi connectivity index (χ4n) is 0.994. The first-order valence-corrected chi connectivity index (χ1v) is 4.78. The third-order valence-electron chi connectivity index (χ3n) is 1.74. The zero-order chi connectivity index (χ0) is 11.1. The van der Waals surface area contributed by atoms with E-state index in [9.17, 15) is 0 Å². The lowest BCUT2D eigenvalue weighted by atomic mass is 10.2. The van der Waals surface area contributed by atoms with E-state index in [-0.39, 0.29) is 4.99 Å². The molecule has 1 aromatic rings. The molecule has 0 heterocycles. The maximum atomic E-state index is 8.67. The lowest BCUT2D eigenvalue weighted by Gasteiger charge is -1.91. The third kappa shape index (κ3) is 3.75. The summed E-state index contributed by atoms with van der Waals surface area (Å²) in [6.45, 7) is 0. The van der Waals surface area contributed by atoms with E-state index in [1.807, 2.05) is 42.5 Å². The van der Waals surface area contributed by atoms with Gasteiger partial charge in [0.15, 0.2) is 0 Å². The van der Waals surface area contributed by atoms with Crippen molar-refractivity contribution in [2.45, 2.75) is 0 Å². The highest BCUT2D eigenvalue weighted by Crippen LogP contribution is 2.02. The monoisotopic (exact) mass is 214 g/mol. The minimum Gasteiger partial charge on any atom is -0.389 e. The molecule has 3 heteroatoms. The molecule has 1 aromatic carbocycles. The Morgan fingerprint density at radius 3 is 2.53 bits per heavy atom. The van der Waals surface area contributed by atoms with Gasteiger partial charge in [-0.3, -0.25) is 0 Å². The van der Waals surface area contributed by atoms with Crippen molar-refractivity contribution >= 4 is 23.3 Å². The Balaban J connectivity index is 2.76. The van der Waals surface area contributed by atoms with Gasteiger partial charge in [-0.1, -0.05) is 54.7 Å². The van der Waals surface area contributed by atoms with Crippen LogP contribution in [0.2, 0.25) is 0 Å². The number of hydrogen-bond donors (Lipinski definition) is 1. The van der Waals surface area contributed by atoms with E-state index in [4.69, 9.17) is 23.2 Å². The summed E-state index contributed by atoms with van der Waals surface area (Å²) >= 11 is 4.70. The summed E-state index contributed by atoms with van der Waals surface area (Å²) in [5.41, 5.74) is 6.71. The molecule has 0 radical (unpaired) electrons. The number of benzene rings is 1. The highest BCUT2D eigenvalue weighted by molar-refractivity contribution is 7.80. The number of hydrogen-bond acceptors (Lipinski definition) is 2. The van der Waals surface area contributed by atoms with Crippen LogP contribution in [0.5, 0.6) is 0 Å². The van der Waals surface area contributed by atoms with Gasteiger partial charge in [0.1, 0.15) is 11.1 Å². The van der Waals surface area contributed by atoms with Crippen molar-refractivity contribution in [1.29, 1.82) is 5.26 Å². The van der Waals surface area contributed by atoms with Crippen molar-refractivity contribution < 1.29 is 0 Å². The minimum atomic E-state index is 0.121. The smallest absolute Gasteiger partial charge is 0.114 e. The summed E-state index contributed by atoms with van der Waals surface area (Å²) in [4.78, 5) is 0.121. The number of thiocarbonyl (C=S) groups is 1. The molecule has 0 amide bonds. The number of nitrogens with zero attached hydrogens (tertiary/aromatic N) is 1. The normalized spacial score (nSPS) is 11.3. The standard InChI is InChI=1S/C12H10N2S/c13-9-11(12(14)15)8-4-7-10-5-2-1-3-6-10/h1-8H,(H2,14,15). The van der Waals surface area contributed by atoms with E-state index in [1.54, 1.807) is 12.2 Å². The molecule has 0 bridgehead atoms. The molecule has 0 saturated carbocycles. The first-order chi connectivity index (χ1) is 7.24. The predicted molar refractivity (Wildman–Crippen MR) is 66.0 cm³/mol. The number of nitriles is 1. The van der Waals surface area contributed by atoms with Gasteiger partial charge in [0, 0.05) is 0 Å². The molecule has 0 fully saturated rings. The van der Waals surface area contributed by atoms with Gasteiger partial charge in [-0.25, -0.2) is 0 Å². The van der Waals surface area contributed by atoms with E-state index < -0.39 is 0 Å². The molecule has 1 rings (SSSR count). The van der Waals surface area contributed by atoms with Gasteiger partial charge in [0.2, 0.25) is 0 Å². The van der Waals surface area contributed by atoms with Crippen molar-refractivity contribution in [2.75, 3.05) is 0 Å². The van der Waals surface area contributed by atoms with Crippen molar-refractivity contribution in [1.82, 2.24) is 0 Å². The van der Waals surface area contributed by atoms with E-state index in [0.717, 1.165) is 5.56 Å². The summed E-state index contributed by atoms with van der Waals surface area (Å²) in [5, 5.41) is 8.67. The van der Waals surface area contributed by atoms with Crippen LogP contribution < -0.4 is 5.73 Å². The first kappa shape index (κ1) is 11.2. The van der Waals surface area contributed by atoms with Crippen LogP contribution in [0.15, 0.2) is 48.1 Å². The lowest BCUT2D eigenvalue weighted by molar-refractivity contribution is 1.51. The van der Waals surface area contributed by atoms with Crippen LogP contribution in [0.1, 0.15) is 5.56 Å². The molecule has 0 aliphatic heterocycles. The van der Waals surface area contributed by atoms with Crippen molar-refractivity contribution in [3.05, 3.63) is 53.6 Å². The molecule has 0 aromatic heterocycles. The first-order valence-electron chi connectivity index (χ1n) is 4.37. The highest BCUT2D eigenvalue weighted by atomic mass is 32.1. The van der Waals surface area contributed by atoms with Crippen LogP contribution in [-0.2, 0) is 0 Å². The molecule has 0 aliphatic rings. The molecule has 0 spiro atoms. The second-order valence-electron chi connectivity index (χ2n) is 2.83. The fraction of sp³-hybridized carbons (Fsp3) is 0. The summed E-state index contributed by atoms with van der Waals surface area (Å²) in [5.74, 6) is 0. The molecule has 15 heavy (non-hydrogen) atoms. The van der Waals surface area contributed by atoms with Crippen LogP contribution in [-0.4, -0.2) is 4.99 Å². The van der Waals surface area contributed by atoms with Gasteiger partial charge in [0.25, 0.3) is 0 Å². The van der Waals surface area contributed by atoms with Gasteiger partial charge in [-0.05, 0) is 11.6 Å². The van der Waals surface area contributed by atoms with Crippen LogP contribution in [0.4, 0.5) is 0 Å². The second kappa shape index (κ2) is 5.74. The zero-order valence-corrected chi connectivity index (χ0v) is 8.87. The molecule has 74 valence electrons. The Morgan fingerprint density at radius 2 is 2.00 bits per heavy atom. The summed E-state index contributed by atoms with van der Waals surface area (Å²) in [6, 6.07) is 11.7. The summed E-state index contributed by atoms with van der Waals surface area (Å²) in [6.07, 6.45) is 5.25. The van der Waals surface area contributed by atoms with E-state index >= 15 is 0 Å². The van der Waals surface area contributed by atoms with Crippen LogP contribution in [0.3, 0.4) is 0 Å². The van der Waals surface area contributed by atoms with Crippen LogP contribution in [0.25, 0.3) is 6.08 Å². The maximum Gasteiger partial charge on any atom is 0.114 e. The van der Waals surface area contributed by atoms with Crippen molar-refractivity contribution in [2.24, 2.45) is 5.73 Å². The highest BCUT2D eigenvalue weighted by Gasteiger charge is 1.94. The largest absolute Gasteiger partial charge is 0.389 e. The third-order valence-corrected chi connectivity index (χ3v) is 1.96. The van der Waals surface area contributed by atoms with Crippen molar-refractivity contribution in [3.63, 3.8) is 0 Å². The molecule has 2 N–H and O–H groups in total. The summed E-state index contributed by atoms with van der Waals surface area (Å²) in [7, 11) is 0. The Kier molecular flexibility index (Phi) is 4.27. The number of rotatable bonds is 3. The van der Waals surface area contributed by atoms with E-state index in [0.29, 0.717) is 5.57 Å². The Hall–Kier alpha value is -1.92. The Labute approximate surface area is 94.3 Å². The quantitative estimate of drug-likeness (QED) is 0.364. The molecule has 0 unspecified atom stereocenters. The average Bonchev–Trinajstić information content (AvgIpc) is 2.25. The maximum absolute atomic E-state index is 8.67. The SMILES string of the molecule is N#CC(=CC=Cc1ccccc1)C(N)=S. The molecule has 0 saturated heterocycles. The molecular weight excluding hydrogens is 204 g/mol. The van der Waals surface area contributed by atoms with E-state index in [1.165, 1.54) is 0 Å².